The van der Waals surface area contributed by atoms with Crippen molar-refractivity contribution >= 4 is 66.5 Å². The van der Waals surface area contributed by atoms with Crippen molar-refractivity contribution in [3.8, 4) is 16.3 Å². The number of aromatic nitrogens is 4. The van der Waals surface area contributed by atoms with Gasteiger partial charge in [0.15, 0.2) is 0 Å². The van der Waals surface area contributed by atoms with E-state index in [2.05, 4.69) is 31.7 Å². The molecule has 35 heavy (non-hydrogen) atoms. The van der Waals surface area contributed by atoms with Crippen LogP contribution in [0.2, 0.25) is 5.02 Å². The second-order valence-electron chi connectivity index (χ2n) is 8.61. The van der Waals surface area contributed by atoms with Crippen molar-refractivity contribution in [3.05, 3.63) is 53.8 Å². The third-order valence-electron chi connectivity index (χ3n) is 5.71. The Labute approximate surface area is 220 Å². The zero-order valence-electron chi connectivity index (χ0n) is 19.2. The summed E-state index contributed by atoms with van der Waals surface area (Å²) in [6.45, 7) is 5.99. The Hall–Kier alpha value is -2.74. The van der Waals surface area contributed by atoms with Crippen LogP contribution in [0, 0.1) is 0 Å². The summed E-state index contributed by atoms with van der Waals surface area (Å²) in [4.78, 5) is 36.4. The quantitative estimate of drug-likeness (QED) is 0.342. The number of carbonyl (C=O) groups is 1. The summed E-state index contributed by atoms with van der Waals surface area (Å²) in [5, 5.41) is 1.48. The molecular weight excluding hydrogens is 547 g/mol. The molecule has 0 aliphatic carbocycles. The fourth-order valence-electron chi connectivity index (χ4n) is 3.97. The maximum atomic E-state index is 13.3. The Kier molecular flexibility index (Phi) is 6.66. The number of hydrogen-bond acceptors (Lipinski definition) is 8. The van der Waals surface area contributed by atoms with Gasteiger partial charge < -0.3 is 0 Å². The molecule has 0 spiro atoms. The fourth-order valence-corrected chi connectivity index (χ4v) is 5.58. The summed E-state index contributed by atoms with van der Waals surface area (Å²) in [6, 6.07) is 10.9. The van der Waals surface area contributed by atoms with E-state index in [9.17, 15) is 4.79 Å². The number of fused-ring (bicyclic) bond motifs is 1. The Morgan fingerprint density at radius 2 is 1.83 bits per heavy atom. The Morgan fingerprint density at radius 3 is 2.51 bits per heavy atom. The van der Waals surface area contributed by atoms with E-state index in [1.165, 1.54) is 11.3 Å². The third kappa shape index (κ3) is 5.12. The molecule has 0 atom stereocenters. The molecule has 4 heterocycles. The number of amides is 1. The molecule has 3 aromatic heterocycles. The van der Waals surface area contributed by atoms with Crippen LogP contribution >= 0.6 is 22.9 Å². The van der Waals surface area contributed by atoms with Gasteiger partial charge in [-0.2, -0.15) is 0 Å². The van der Waals surface area contributed by atoms with Crippen molar-refractivity contribution in [1.82, 2.24) is 24.8 Å². The van der Waals surface area contributed by atoms with Gasteiger partial charge in [0.05, 0.1) is 0 Å². The van der Waals surface area contributed by atoms with E-state index < -0.39 is 5.60 Å². The minimum absolute atomic E-state index is 0.0553. The van der Waals surface area contributed by atoms with Crippen molar-refractivity contribution in [3.63, 3.8) is 0 Å². The third-order valence-corrected chi connectivity index (χ3v) is 7.38. The number of benzene rings is 1. The van der Waals surface area contributed by atoms with Gasteiger partial charge in [0, 0.05) is 5.02 Å². The number of nitrogens with zero attached hydrogens (tertiary/aromatic N) is 6. The SMILES string of the molecule is CC(C)(Oc1ccc(Cl)cc1)C(=O)N1CCN(c2nc([As])nc3sc(-c4cccnc4)nc23)CC1. The Balaban J connectivity index is 1.31. The van der Waals surface area contributed by atoms with Crippen molar-refractivity contribution in [2.75, 3.05) is 31.1 Å². The van der Waals surface area contributed by atoms with Crippen molar-refractivity contribution in [1.29, 1.82) is 0 Å². The van der Waals surface area contributed by atoms with Gasteiger partial charge in [-0.15, -0.1) is 0 Å². The van der Waals surface area contributed by atoms with E-state index in [4.69, 9.17) is 26.3 Å². The van der Waals surface area contributed by atoms with Crippen LogP contribution in [0.3, 0.4) is 0 Å². The molecule has 0 N–H and O–H groups in total. The van der Waals surface area contributed by atoms with Crippen LogP contribution in [0.25, 0.3) is 20.9 Å². The number of rotatable bonds is 5. The number of pyridine rings is 1. The second-order valence-corrected chi connectivity index (χ2v) is 10.9. The monoisotopic (exact) mass is 568 g/mol. The molecule has 0 bridgehead atoms. The first-order valence-electron chi connectivity index (χ1n) is 11.1. The summed E-state index contributed by atoms with van der Waals surface area (Å²) in [5.74, 6) is 1.34. The van der Waals surface area contributed by atoms with E-state index in [0.717, 1.165) is 26.7 Å². The van der Waals surface area contributed by atoms with E-state index in [1.54, 1.807) is 50.5 Å². The minimum atomic E-state index is -1.00. The molecule has 178 valence electrons. The van der Waals surface area contributed by atoms with Crippen LogP contribution in [-0.2, 0) is 4.79 Å². The molecule has 1 aliphatic rings. The molecule has 2 radical (unpaired) electrons. The first kappa shape index (κ1) is 24.0. The number of anilines is 1. The molecule has 1 fully saturated rings. The zero-order chi connectivity index (χ0) is 24.6. The van der Waals surface area contributed by atoms with Gasteiger partial charge in [-0.25, -0.2) is 0 Å². The standard InChI is InChI=1S/C24H22AsClN6O2S/c1-24(2,34-17-7-5-16(26)6-8-17)22(33)32-12-10-31(11-13-32)19-18-21(30-23(25)29-19)35-20(28-18)15-4-3-9-27-14-15/h3-9,14H,10-13H2,1-2H3. The Morgan fingerprint density at radius 1 is 1.09 bits per heavy atom. The molecule has 0 saturated carbocycles. The van der Waals surface area contributed by atoms with Crippen LogP contribution in [-0.4, -0.2) is 79.4 Å². The normalized spacial score (nSPS) is 14.4. The number of hydrogen-bond donors (Lipinski definition) is 0. The molecule has 0 unspecified atom stereocenters. The topological polar surface area (TPSA) is 84.3 Å². The number of piperazine rings is 1. The zero-order valence-corrected chi connectivity index (χ0v) is 22.6. The first-order chi connectivity index (χ1) is 16.8. The molecular formula is C24H22AsClN6O2S. The van der Waals surface area contributed by atoms with E-state index in [0.29, 0.717) is 41.6 Å². The van der Waals surface area contributed by atoms with E-state index in [-0.39, 0.29) is 5.91 Å². The summed E-state index contributed by atoms with van der Waals surface area (Å²) in [6.07, 6.45) is 3.54. The van der Waals surface area contributed by atoms with Crippen LogP contribution in [0.5, 0.6) is 5.75 Å². The molecule has 4 aromatic rings. The number of carbonyl (C=O) groups excluding carboxylic acids is 1. The maximum absolute atomic E-state index is 13.3. The predicted octanol–water partition coefficient (Wildman–Crippen LogP) is 3.10. The number of thiazole rings is 1. The van der Waals surface area contributed by atoms with Crippen LogP contribution < -0.4 is 14.2 Å². The van der Waals surface area contributed by atoms with Gasteiger partial charge in [-0.05, 0) is 12.1 Å². The summed E-state index contributed by atoms with van der Waals surface area (Å²) in [5.41, 5.74) is 0.724. The van der Waals surface area contributed by atoms with E-state index in [1.807, 2.05) is 17.0 Å². The van der Waals surface area contributed by atoms with E-state index >= 15 is 0 Å². The van der Waals surface area contributed by atoms with Crippen LogP contribution in [0.4, 0.5) is 5.82 Å². The average Bonchev–Trinajstić information content (AvgIpc) is 3.29. The second kappa shape index (κ2) is 9.72. The summed E-state index contributed by atoms with van der Waals surface area (Å²) >= 11 is 9.89. The summed E-state index contributed by atoms with van der Waals surface area (Å²) in [7, 11) is 0. The average molecular weight is 569 g/mol. The van der Waals surface area contributed by atoms with Crippen molar-refractivity contribution in [2.24, 2.45) is 0 Å². The summed E-state index contributed by atoms with van der Waals surface area (Å²) < 4.78 is 6.64. The van der Waals surface area contributed by atoms with Crippen LogP contribution in [0.1, 0.15) is 13.8 Å². The van der Waals surface area contributed by atoms with Gasteiger partial charge in [0.25, 0.3) is 0 Å². The van der Waals surface area contributed by atoms with Crippen molar-refractivity contribution in [2.45, 2.75) is 19.4 Å². The molecule has 5 rings (SSSR count). The number of halogens is 1. The van der Waals surface area contributed by atoms with Gasteiger partial charge in [0.1, 0.15) is 0 Å². The van der Waals surface area contributed by atoms with Gasteiger partial charge >= 0.3 is 193 Å². The molecule has 1 aliphatic heterocycles. The van der Waals surface area contributed by atoms with Crippen molar-refractivity contribution < 1.29 is 9.53 Å². The molecule has 8 nitrogen and oxygen atoms in total. The molecule has 1 aromatic carbocycles. The van der Waals surface area contributed by atoms with Crippen LogP contribution in [0.15, 0.2) is 48.8 Å². The van der Waals surface area contributed by atoms with Gasteiger partial charge in [0.2, 0.25) is 0 Å². The first-order valence-corrected chi connectivity index (χ1v) is 13.2. The molecule has 1 saturated heterocycles. The number of ether oxygens (including phenoxy) is 1. The van der Waals surface area contributed by atoms with Gasteiger partial charge in [-0.3, -0.25) is 0 Å². The molecule has 1 amide bonds. The molecule has 11 heteroatoms. The fraction of sp³-hybridized carbons (Fsp3) is 0.292. The predicted molar refractivity (Wildman–Crippen MR) is 139 cm³/mol. The van der Waals surface area contributed by atoms with Gasteiger partial charge in [-0.1, -0.05) is 11.6 Å². The Bertz CT molecular complexity index is 1360.